The van der Waals surface area contributed by atoms with Crippen molar-refractivity contribution in [2.45, 2.75) is 51.7 Å². The molecule has 1 atom stereocenters. The Hall–Kier alpha value is -1.60. The van der Waals surface area contributed by atoms with Crippen LogP contribution in [0.5, 0.6) is 0 Å². The molecular weight excluding hydrogens is 338 g/mol. The van der Waals surface area contributed by atoms with Crippen molar-refractivity contribution in [2.24, 2.45) is 9.81 Å². The van der Waals surface area contributed by atoms with Crippen LogP contribution in [0.3, 0.4) is 0 Å². The van der Waals surface area contributed by atoms with Crippen molar-refractivity contribution in [2.75, 3.05) is 13.1 Å². The molecule has 1 unspecified atom stereocenters. The van der Waals surface area contributed by atoms with Gasteiger partial charge in [0.15, 0.2) is 0 Å². The molecule has 1 aromatic heterocycles. The van der Waals surface area contributed by atoms with E-state index in [0.717, 1.165) is 23.4 Å². The molecule has 2 aliphatic rings. The van der Waals surface area contributed by atoms with Crippen molar-refractivity contribution >= 4 is 23.2 Å². The van der Waals surface area contributed by atoms with Crippen molar-refractivity contribution in [1.82, 2.24) is 9.88 Å². The second-order valence-electron chi connectivity index (χ2n) is 8.01. The molecule has 7 heteroatoms. The molecule has 25 heavy (non-hydrogen) atoms. The number of likely N-dealkylation sites (tertiary alicyclic amines) is 1. The minimum atomic E-state index is -1.35. The van der Waals surface area contributed by atoms with Gasteiger partial charge in [0.05, 0.1) is 0 Å². The lowest BCUT2D eigenvalue weighted by molar-refractivity contribution is 0.115. The van der Waals surface area contributed by atoms with Gasteiger partial charge in [0.25, 0.3) is 0 Å². The Labute approximate surface area is 151 Å². The van der Waals surface area contributed by atoms with Crippen molar-refractivity contribution in [3.8, 4) is 0 Å². The van der Waals surface area contributed by atoms with Crippen molar-refractivity contribution in [3.63, 3.8) is 0 Å². The van der Waals surface area contributed by atoms with Gasteiger partial charge in [-0.3, -0.25) is 4.98 Å². The van der Waals surface area contributed by atoms with Crippen LogP contribution < -0.4 is 0 Å². The van der Waals surface area contributed by atoms with Crippen LogP contribution in [0, 0.1) is 12.3 Å². The highest BCUT2D eigenvalue weighted by atomic mass is 32.2. The van der Waals surface area contributed by atoms with E-state index in [0.29, 0.717) is 25.9 Å². The number of carbonyl (C=O) groups is 1. The number of nitrogens with zero attached hydrogens (tertiary/aromatic N) is 3. The molecule has 2 heterocycles. The van der Waals surface area contributed by atoms with Gasteiger partial charge in [0.1, 0.15) is 21.8 Å². The summed E-state index contributed by atoms with van der Waals surface area (Å²) in [6.07, 6.45) is 3.18. The Morgan fingerprint density at radius 3 is 2.60 bits per heavy atom. The normalized spacial score (nSPS) is 22.3. The van der Waals surface area contributed by atoms with Gasteiger partial charge in [-0.25, -0.2) is 4.79 Å². The molecule has 6 nitrogen and oxygen atoms in total. The maximum absolute atomic E-state index is 12.7. The van der Waals surface area contributed by atoms with Gasteiger partial charge in [-0.1, -0.05) is 4.40 Å². The maximum Gasteiger partial charge on any atom is 0.407 e. The summed E-state index contributed by atoms with van der Waals surface area (Å²) >= 11 is -1.35. The number of hydrogen-bond donors (Lipinski definition) is 1. The maximum atomic E-state index is 12.7. The fourth-order valence-corrected chi connectivity index (χ4v) is 4.35. The van der Waals surface area contributed by atoms with Crippen molar-refractivity contribution in [3.05, 3.63) is 29.1 Å². The number of aromatic nitrogens is 1. The highest BCUT2D eigenvalue weighted by Gasteiger charge is 2.48. The summed E-state index contributed by atoms with van der Waals surface area (Å²) in [5.41, 5.74) is 3.74. The van der Waals surface area contributed by atoms with Crippen LogP contribution in [-0.2, 0) is 17.8 Å². The Kier molecular flexibility index (Phi) is 4.58. The third-order valence-corrected chi connectivity index (χ3v) is 6.50. The number of carboxylic acid groups (broad SMARTS) is 1. The Bertz CT molecular complexity index is 719. The molecule has 1 saturated heterocycles. The van der Waals surface area contributed by atoms with Crippen LogP contribution in [0.2, 0.25) is 0 Å². The number of aryl methyl sites for hydroxylation is 1. The molecule has 0 radical (unpaired) electrons. The van der Waals surface area contributed by atoms with Gasteiger partial charge < -0.3 is 14.6 Å². The number of rotatable bonds is 1. The lowest BCUT2D eigenvalue weighted by atomic mass is 9.75. The van der Waals surface area contributed by atoms with Crippen LogP contribution in [0.4, 0.5) is 4.79 Å². The Balaban J connectivity index is 2.01. The second kappa shape index (κ2) is 6.29. The molecule has 0 bridgehead atoms. The zero-order chi connectivity index (χ0) is 18.4. The monoisotopic (exact) mass is 363 g/mol. The third-order valence-electron chi connectivity index (χ3n) is 5.10. The zero-order valence-electron chi connectivity index (χ0n) is 15.2. The molecule has 0 saturated carbocycles. The molecule has 1 N–H and O–H groups in total. The van der Waals surface area contributed by atoms with E-state index in [1.54, 1.807) is 0 Å². The minimum absolute atomic E-state index is 0.231. The highest BCUT2D eigenvalue weighted by molar-refractivity contribution is 7.91. The van der Waals surface area contributed by atoms with Gasteiger partial charge in [-0.05, 0) is 58.6 Å². The first kappa shape index (κ1) is 18.2. The van der Waals surface area contributed by atoms with Gasteiger partial charge in [0.2, 0.25) is 0 Å². The fourth-order valence-electron chi connectivity index (χ4n) is 3.62. The molecule has 0 aromatic carbocycles. The molecule has 1 aromatic rings. The minimum Gasteiger partial charge on any atom is -0.591 e. The molecule has 1 aliphatic heterocycles. The molecular formula is C18H25N3O3S. The van der Waals surface area contributed by atoms with Gasteiger partial charge in [0, 0.05) is 36.0 Å². The highest BCUT2D eigenvalue weighted by Crippen LogP contribution is 2.45. The molecule has 1 aliphatic carbocycles. The molecule has 1 spiro atoms. The van der Waals surface area contributed by atoms with Gasteiger partial charge in [-0.2, -0.15) is 0 Å². The fraction of sp³-hybridized carbons (Fsp3) is 0.611. The quantitative estimate of drug-likeness (QED) is 0.777. The van der Waals surface area contributed by atoms with E-state index in [1.165, 1.54) is 10.5 Å². The van der Waals surface area contributed by atoms with Crippen LogP contribution >= 0.6 is 0 Å². The summed E-state index contributed by atoms with van der Waals surface area (Å²) in [7, 11) is 0. The van der Waals surface area contributed by atoms with Gasteiger partial charge in [-0.15, -0.1) is 0 Å². The van der Waals surface area contributed by atoms with Crippen LogP contribution in [0.15, 0.2) is 16.7 Å². The van der Waals surface area contributed by atoms with Crippen molar-refractivity contribution < 1.29 is 14.5 Å². The summed E-state index contributed by atoms with van der Waals surface area (Å²) in [6, 6.07) is 2.07. The molecule has 3 rings (SSSR count). The van der Waals surface area contributed by atoms with Crippen molar-refractivity contribution in [1.29, 1.82) is 0 Å². The van der Waals surface area contributed by atoms with E-state index in [2.05, 4.69) is 15.4 Å². The number of amides is 1. The van der Waals surface area contributed by atoms with Crippen LogP contribution in [-0.4, -0.2) is 49.2 Å². The van der Waals surface area contributed by atoms with E-state index in [1.807, 2.05) is 33.9 Å². The molecule has 1 fully saturated rings. The Morgan fingerprint density at radius 2 is 2.04 bits per heavy atom. The SMILES string of the molecule is Cc1cc2c(cn1)C(=N[S+]([O-])C(C)(C)C)C1(CCN(C(=O)O)CC1)C2. The standard InChI is InChI=1S/C18H25N3O3S/c1-12-9-13-10-18(5-7-21(8-6-18)16(22)23)15(14(13)11-19-12)20-25(24)17(2,3)4/h9,11H,5-8,10H2,1-4H3,(H,22,23). The predicted molar refractivity (Wildman–Crippen MR) is 98.4 cm³/mol. The van der Waals surface area contributed by atoms with E-state index in [-0.39, 0.29) is 5.41 Å². The lowest BCUT2D eigenvalue weighted by Crippen LogP contribution is -2.45. The van der Waals surface area contributed by atoms with E-state index < -0.39 is 22.2 Å². The molecule has 1 amide bonds. The van der Waals surface area contributed by atoms with Crippen LogP contribution in [0.25, 0.3) is 0 Å². The van der Waals surface area contributed by atoms with E-state index >= 15 is 0 Å². The van der Waals surface area contributed by atoms with E-state index in [4.69, 9.17) is 0 Å². The van der Waals surface area contributed by atoms with Crippen LogP contribution in [0.1, 0.15) is 50.4 Å². The smallest absolute Gasteiger partial charge is 0.407 e. The topological polar surface area (TPSA) is 88.9 Å². The summed E-state index contributed by atoms with van der Waals surface area (Å²) in [5.74, 6) is 0. The second-order valence-corrected chi connectivity index (χ2v) is 9.92. The summed E-state index contributed by atoms with van der Waals surface area (Å²) in [6.45, 7) is 8.67. The summed E-state index contributed by atoms with van der Waals surface area (Å²) < 4.78 is 16.9. The zero-order valence-corrected chi connectivity index (χ0v) is 16.0. The number of fused-ring (bicyclic) bond motifs is 1. The first-order valence-electron chi connectivity index (χ1n) is 8.57. The average Bonchev–Trinajstić information content (AvgIpc) is 2.79. The summed E-state index contributed by atoms with van der Waals surface area (Å²) in [5, 5.41) is 9.23. The predicted octanol–water partition coefficient (Wildman–Crippen LogP) is 2.96. The molecule has 136 valence electrons. The van der Waals surface area contributed by atoms with E-state index in [9.17, 15) is 14.5 Å². The number of hydrogen-bond acceptors (Lipinski definition) is 4. The van der Waals surface area contributed by atoms with Gasteiger partial charge >= 0.3 is 6.09 Å². The Morgan fingerprint density at radius 1 is 1.40 bits per heavy atom. The number of piperidine rings is 1. The first-order chi connectivity index (χ1) is 11.6. The average molecular weight is 363 g/mol. The largest absolute Gasteiger partial charge is 0.591 e. The third kappa shape index (κ3) is 3.40. The number of pyridine rings is 1. The lowest BCUT2D eigenvalue weighted by Gasteiger charge is -2.38. The first-order valence-corrected chi connectivity index (χ1v) is 9.68. The summed E-state index contributed by atoms with van der Waals surface area (Å²) in [4.78, 5) is 17.1.